The fourth-order valence-corrected chi connectivity index (χ4v) is 1.77. The van der Waals surface area contributed by atoms with E-state index in [4.69, 9.17) is 11.6 Å². The number of allylic oxidation sites excluding steroid dienone is 2. The van der Waals surface area contributed by atoms with E-state index in [9.17, 15) is 0 Å². The average molecular weight is 310 g/mol. The number of anilines is 3. The first-order valence-electron chi connectivity index (χ1n) is 5.26. The van der Waals surface area contributed by atoms with Crippen molar-refractivity contribution in [3.63, 3.8) is 0 Å². The van der Waals surface area contributed by atoms with E-state index in [0.717, 1.165) is 10.2 Å². The Hall–Kier alpha value is -1.79. The van der Waals surface area contributed by atoms with Crippen LogP contribution >= 0.6 is 15.9 Å². The second-order valence-electron chi connectivity index (χ2n) is 3.37. The third-order valence-electron chi connectivity index (χ3n) is 2.18. The smallest absolute Gasteiger partial charge is 0.0729 e. The lowest BCUT2D eigenvalue weighted by Crippen LogP contribution is -2.10. The van der Waals surface area contributed by atoms with Gasteiger partial charge in [-0.15, -0.1) is 0 Å². The monoisotopic (exact) mass is 309 g/mol. The lowest BCUT2D eigenvalue weighted by atomic mass is 10.2. The number of hydrazine groups is 1. The number of nitrogens with zero attached hydrogens (tertiary/aromatic N) is 1. The van der Waals surface area contributed by atoms with E-state index in [0.29, 0.717) is 17.9 Å². The van der Waals surface area contributed by atoms with Gasteiger partial charge in [0.25, 0.3) is 0 Å². The molecule has 6 N–H and O–H groups in total. The topological polar surface area (TPSA) is 88.5 Å². The van der Waals surface area contributed by atoms with Crippen LogP contribution < -0.4 is 22.3 Å². The lowest BCUT2D eigenvalue weighted by Gasteiger charge is -2.12. The summed E-state index contributed by atoms with van der Waals surface area (Å²) in [5, 5.41) is 3.22. The van der Waals surface area contributed by atoms with Crippen LogP contribution in [0.25, 0.3) is 0 Å². The Labute approximate surface area is 115 Å². The minimum absolute atomic E-state index is 0.572. The van der Waals surface area contributed by atoms with Crippen molar-refractivity contribution in [1.29, 1.82) is 0 Å². The summed E-state index contributed by atoms with van der Waals surface area (Å²) in [5.41, 5.74) is 10.6. The molecule has 1 aromatic carbocycles. The van der Waals surface area contributed by atoms with Gasteiger partial charge >= 0.3 is 0 Å². The number of nitrogens with two attached hydrogens (primary N) is 2. The Bertz CT molecular complexity index is 468. The van der Waals surface area contributed by atoms with Gasteiger partial charge in [0.05, 0.1) is 21.5 Å². The number of rotatable bonds is 6. The zero-order valence-electron chi connectivity index (χ0n) is 9.86. The number of halogens is 1. The maximum atomic E-state index is 5.89. The van der Waals surface area contributed by atoms with Gasteiger partial charge in [-0.2, -0.15) is 0 Å². The first-order chi connectivity index (χ1) is 8.70. The zero-order valence-corrected chi connectivity index (χ0v) is 11.4. The minimum atomic E-state index is 0.572. The summed E-state index contributed by atoms with van der Waals surface area (Å²) in [6, 6.07) is 3.71. The maximum absolute atomic E-state index is 5.89. The van der Waals surface area contributed by atoms with Crippen LogP contribution in [-0.2, 0) is 0 Å². The molecule has 0 spiro atoms. The van der Waals surface area contributed by atoms with Crippen molar-refractivity contribution in [2.24, 2.45) is 10.8 Å². The molecule has 0 aliphatic heterocycles. The Morgan fingerprint density at radius 3 is 2.72 bits per heavy atom. The molecule has 0 aliphatic rings. The summed E-state index contributed by atoms with van der Waals surface area (Å²) >= 11 is 3.42. The fourth-order valence-electron chi connectivity index (χ4n) is 1.28. The Morgan fingerprint density at radius 2 is 2.06 bits per heavy atom. The van der Waals surface area contributed by atoms with E-state index in [-0.39, 0.29) is 0 Å². The van der Waals surface area contributed by atoms with Crippen molar-refractivity contribution in [3.05, 3.63) is 41.0 Å². The quantitative estimate of drug-likeness (QED) is 0.214. The van der Waals surface area contributed by atoms with Crippen molar-refractivity contribution in [2.45, 2.75) is 0 Å². The number of benzene rings is 1. The number of hydrogen-bond acceptors (Lipinski definition) is 5. The zero-order chi connectivity index (χ0) is 13.4. The first-order valence-corrected chi connectivity index (χ1v) is 6.06. The summed E-state index contributed by atoms with van der Waals surface area (Å²) in [6.07, 6.45) is 7.26. The van der Waals surface area contributed by atoms with Crippen molar-refractivity contribution in [2.75, 3.05) is 23.0 Å². The molecule has 0 saturated heterocycles. The van der Waals surface area contributed by atoms with Crippen molar-refractivity contribution < 1.29 is 0 Å². The summed E-state index contributed by atoms with van der Waals surface area (Å²) in [5.74, 6) is 5.33. The molecule has 1 rings (SSSR count). The van der Waals surface area contributed by atoms with E-state index < -0.39 is 0 Å². The van der Waals surface area contributed by atoms with Gasteiger partial charge in [-0.1, -0.05) is 12.2 Å². The molecule has 0 unspecified atom stereocenters. The third-order valence-corrected chi connectivity index (χ3v) is 3.04. The van der Waals surface area contributed by atoms with Crippen molar-refractivity contribution >= 4 is 39.7 Å². The van der Waals surface area contributed by atoms with Gasteiger partial charge in [-0.05, 0) is 40.9 Å². The van der Waals surface area contributed by atoms with Crippen LogP contribution in [0.15, 0.2) is 46.0 Å². The molecule has 0 saturated carbocycles. The Balaban J connectivity index is 2.63. The molecule has 0 radical (unpaired) electrons. The van der Waals surface area contributed by atoms with E-state index in [1.807, 2.05) is 24.3 Å². The third kappa shape index (κ3) is 3.90. The molecule has 0 aromatic heterocycles. The van der Waals surface area contributed by atoms with Crippen LogP contribution in [0.4, 0.5) is 17.1 Å². The molecule has 0 heterocycles. The molecular weight excluding hydrogens is 294 g/mol. The van der Waals surface area contributed by atoms with Crippen LogP contribution in [0.2, 0.25) is 0 Å². The molecule has 1 aromatic rings. The summed E-state index contributed by atoms with van der Waals surface area (Å²) in [7, 11) is 0. The first kappa shape index (κ1) is 14.3. The van der Waals surface area contributed by atoms with Crippen LogP contribution in [0.1, 0.15) is 0 Å². The highest BCUT2D eigenvalue weighted by Crippen LogP contribution is 2.33. The van der Waals surface area contributed by atoms with Gasteiger partial charge in [0, 0.05) is 12.7 Å². The van der Waals surface area contributed by atoms with Crippen molar-refractivity contribution in [1.82, 2.24) is 0 Å². The Morgan fingerprint density at radius 1 is 1.33 bits per heavy atom. The lowest BCUT2D eigenvalue weighted by molar-refractivity contribution is 1.31. The van der Waals surface area contributed by atoms with Crippen LogP contribution in [0, 0.1) is 0 Å². The van der Waals surface area contributed by atoms with Gasteiger partial charge in [-0.25, -0.2) is 0 Å². The predicted octanol–water partition coefficient (Wildman–Crippen LogP) is 2.50. The predicted molar refractivity (Wildman–Crippen MR) is 82.7 cm³/mol. The van der Waals surface area contributed by atoms with Gasteiger partial charge in [-0.3, -0.25) is 10.8 Å². The number of aliphatic imine (C=N–C) groups is 1. The normalized spacial score (nSPS) is 11.0. The number of nitrogen functional groups attached to an aromatic ring is 2. The van der Waals surface area contributed by atoms with Crippen LogP contribution in [-0.4, -0.2) is 13.3 Å². The number of nitrogens with one attached hydrogen (secondary N) is 2. The summed E-state index contributed by atoms with van der Waals surface area (Å²) in [6.45, 7) is 4.02. The Kier molecular flexibility index (Phi) is 5.96. The van der Waals surface area contributed by atoms with Gasteiger partial charge in [0.15, 0.2) is 0 Å². The molecule has 0 atom stereocenters. The van der Waals surface area contributed by atoms with Gasteiger partial charge in [0.1, 0.15) is 0 Å². The second kappa shape index (κ2) is 7.52. The highest BCUT2D eigenvalue weighted by Gasteiger charge is 2.06. The van der Waals surface area contributed by atoms with Crippen LogP contribution in [0.5, 0.6) is 0 Å². The molecular formula is C12H16BrN5. The second-order valence-corrected chi connectivity index (χ2v) is 4.16. The summed E-state index contributed by atoms with van der Waals surface area (Å²) in [4.78, 5) is 3.59. The van der Waals surface area contributed by atoms with Crippen molar-refractivity contribution in [3.8, 4) is 0 Å². The number of hydrogen-bond donors (Lipinski definition) is 4. The summed E-state index contributed by atoms with van der Waals surface area (Å²) < 4.78 is 0.787. The maximum Gasteiger partial charge on any atom is 0.0729 e. The molecule has 0 aliphatic carbocycles. The molecule has 96 valence electrons. The van der Waals surface area contributed by atoms with E-state index in [2.05, 4.69) is 38.4 Å². The van der Waals surface area contributed by atoms with Gasteiger partial charge < -0.3 is 16.5 Å². The fraction of sp³-hybridized carbons (Fsp3) is 0.0833. The van der Waals surface area contributed by atoms with Crippen LogP contribution in [0.3, 0.4) is 0 Å². The standard InChI is InChI=1S/C12H16BrN5/c1-16-7-3-2-4-8-17-9-5-6-10(18-15)12(14)11(9)13/h2-7,17-18H,1,8,14-15H2/b4-2+,7-3-. The van der Waals surface area contributed by atoms with Gasteiger partial charge in [0.2, 0.25) is 0 Å². The molecule has 0 amide bonds. The molecule has 18 heavy (non-hydrogen) atoms. The molecule has 6 heteroatoms. The highest BCUT2D eigenvalue weighted by atomic mass is 79.9. The molecule has 0 bridgehead atoms. The molecule has 5 nitrogen and oxygen atoms in total. The largest absolute Gasteiger partial charge is 0.396 e. The van der Waals surface area contributed by atoms with E-state index in [1.165, 1.54) is 0 Å². The van der Waals surface area contributed by atoms with E-state index >= 15 is 0 Å². The average Bonchev–Trinajstić information content (AvgIpc) is 2.38. The van der Waals surface area contributed by atoms with E-state index in [1.54, 1.807) is 12.3 Å². The highest BCUT2D eigenvalue weighted by molar-refractivity contribution is 9.10. The SMILES string of the molecule is C=N/C=C\C=C\CNc1ccc(NN)c(N)c1Br. The molecule has 0 fully saturated rings. The minimum Gasteiger partial charge on any atom is -0.396 e.